The molecule has 0 bridgehead atoms. The highest BCUT2D eigenvalue weighted by atomic mass is 16.5. The van der Waals surface area contributed by atoms with Gasteiger partial charge in [0.2, 0.25) is 0 Å². The van der Waals surface area contributed by atoms with Crippen LogP contribution in [0.5, 0.6) is 11.5 Å². The molecular weight excluding hydrogens is 330 g/mol. The van der Waals surface area contributed by atoms with Crippen LogP contribution in [0, 0.1) is 0 Å². The van der Waals surface area contributed by atoms with Crippen molar-refractivity contribution in [3.05, 3.63) is 54.5 Å². The third kappa shape index (κ3) is 4.05. The summed E-state index contributed by atoms with van der Waals surface area (Å²) in [6.45, 7) is 0.719. The Balaban J connectivity index is 1.58. The Morgan fingerprint density at radius 2 is 2.00 bits per heavy atom. The topological polar surface area (TPSA) is 72.2 Å². The summed E-state index contributed by atoms with van der Waals surface area (Å²) in [6.07, 6.45) is 4.84. The van der Waals surface area contributed by atoms with Gasteiger partial charge < -0.3 is 24.5 Å². The molecule has 3 rings (SSSR count). The predicted octanol–water partition coefficient (Wildman–Crippen LogP) is 2.58. The van der Waals surface area contributed by atoms with E-state index in [1.165, 1.54) is 0 Å². The first-order chi connectivity index (χ1) is 12.7. The maximum atomic E-state index is 5.32. The molecule has 0 fully saturated rings. The van der Waals surface area contributed by atoms with Crippen molar-refractivity contribution < 1.29 is 9.47 Å². The van der Waals surface area contributed by atoms with Gasteiger partial charge in [0.25, 0.3) is 0 Å². The lowest BCUT2D eigenvalue weighted by molar-refractivity contribution is 0.355. The van der Waals surface area contributed by atoms with Gasteiger partial charge in [0.1, 0.15) is 5.65 Å². The van der Waals surface area contributed by atoms with E-state index in [2.05, 4.69) is 20.6 Å². The summed E-state index contributed by atoms with van der Waals surface area (Å²) in [6, 6.07) is 11.6. The molecular formula is C19H23N5O2. The molecule has 2 heterocycles. The minimum Gasteiger partial charge on any atom is -0.493 e. The number of pyridine rings is 1. The molecule has 3 aromatic rings. The SMILES string of the molecule is CN=C(NCCc1cn2ccccc2n1)Nc1ccc(OC)c(OC)c1. The summed E-state index contributed by atoms with van der Waals surface area (Å²) in [5.74, 6) is 2.03. The van der Waals surface area contributed by atoms with Gasteiger partial charge in [-0.25, -0.2) is 4.98 Å². The summed E-state index contributed by atoms with van der Waals surface area (Å²) >= 11 is 0. The summed E-state index contributed by atoms with van der Waals surface area (Å²) in [7, 11) is 4.97. The Kier molecular flexibility index (Phi) is 5.58. The number of imidazole rings is 1. The van der Waals surface area contributed by atoms with Crippen LogP contribution in [0.3, 0.4) is 0 Å². The number of rotatable bonds is 6. The zero-order valence-electron chi connectivity index (χ0n) is 15.2. The molecule has 0 unspecified atom stereocenters. The van der Waals surface area contributed by atoms with Crippen LogP contribution < -0.4 is 20.1 Å². The number of anilines is 1. The molecule has 2 N–H and O–H groups in total. The lowest BCUT2D eigenvalue weighted by Crippen LogP contribution is -2.32. The number of nitrogens with one attached hydrogen (secondary N) is 2. The fourth-order valence-corrected chi connectivity index (χ4v) is 2.65. The van der Waals surface area contributed by atoms with Gasteiger partial charge in [-0.3, -0.25) is 4.99 Å². The number of aliphatic imine (C=N–C) groups is 1. The highest BCUT2D eigenvalue weighted by molar-refractivity contribution is 5.93. The Morgan fingerprint density at radius 3 is 2.73 bits per heavy atom. The van der Waals surface area contributed by atoms with Crippen molar-refractivity contribution in [1.82, 2.24) is 14.7 Å². The van der Waals surface area contributed by atoms with Crippen molar-refractivity contribution in [2.75, 3.05) is 33.1 Å². The van der Waals surface area contributed by atoms with Crippen molar-refractivity contribution >= 4 is 17.3 Å². The first-order valence-electron chi connectivity index (χ1n) is 8.36. The van der Waals surface area contributed by atoms with Gasteiger partial charge in [-0.1, -0.05) is 6.07 Å². The quantitative estimate of drug-likeness (QED) is 0.526. The standard InChI is InChI=1S/C19H23N5O2/c1-20-19(23-14-7-8-16(25-2)17(12-14)26-3)21-10-9-15-13-24-11-5-4-6-18(24)22-15/h4-8,11-13H,9-10H2,1-3H3,(H2,20,21,23). The van der Waals surface area contributed by atoms with Crippen LogP contribution in [0.1, 0.15) is 5.69 Å². The lowest BCUT2D eigenvalue weighted by Gasteiger charge is -2.13. The van der Waals surface area contributed by atoms with Crippen LogP contribution in [0.2, 0.25) is 0 Å². The summed E-state index contributed by atoms with van der Waals surface area (Å²) in [5, 5.41) is 6.54. The summed E-state index contributed by atoms with van der Waals surface area (Å²) in [5.41, 5.74) is 2.85. The van der Waals surface area contributed by atoms with Crippen LogP contribution in [0.15, 0.2) is 53.8 Å². The molecule has 26 heavy (non-hydrogen) atoms. The Hall–Kier alpha value is -3.22. The Morgan fingerprint density at radius 1 is 1.15 bits per heavy atom. The maximum Gasteiger partial charge on any atom is 0.195 e. The largest absolute Gasteiger partial charge is 0.493 e. The number of guanidine groups is 1. The zero-order valence-corrected chi connectivity index (χ0v) is 15.2. The van der Waals surface area contributed by atoms with Gasteiger partial charge >= 0.3 is 0 Å². The summed E-state index contributed by atoms with van der Waals surface area (Å²) in [4.78, 5) is 8.85. The van der Waals surface area contributed by atoms with Crippen LogP contribution in [0.25, 0.3) is 5.65 Å². The molecule has 2 aromatic heterocycles. The van der Waals surface area contributed by atoms with Gasteiger partial charge in [-0.15, -0.1) is 0 Å². The van der Waals surface area contributed by atoms with E-state index >= 15 is 0 Å². The Bertz CT molecular complexity index is 871. The van der Waals surface area contributed by atoms with Gasteiger partial charge in [0, 0.05) is 44.2 Å². The molecule has 7 nitrogen and oxygen atoms in total. The highest BCUT2D eigenvalue weighted by Crippen LogP contribution is 2.29. The molecule has 0 aliphatic rings. The van der Waals surface area contributed by atoms with E-state index in [-0.39, 0.29) is 0 Å². The number of methoxy groups -OCH3 is 2. The minimum absolute atomic E-state index is 0.664. The molecule has 0 atom stereocenters. The van der Waals surface area contributed by atoms with Gasteiger partial charge in [-0.05, 0) is 24.3 Å². The molecule has 7 heteroatoms. The molecule has 0 amide bonds. The van der Waals surface area contributed by atoms with Gasteiger partial charge in [0.05, 0.1) is 19.9 Å². The highest BCUT2D eigenvalue weighted by Gasteiger charge is 2.07. The second kappa shape index (κ2) is 8.24. The van der Waals surface area contributed by atoms with E-state index in [4.69, 9.17) is 9.47 Å². The van der Waals surface area contributed by atoms with Crippen molar-refractivity contribution in [3.63, 3.8) is 0 Å². The number of hydrogen-bond donors (Lipinski definition) is 2. The number of aromatic nitrogens is 2. The third-order valence-corrected chi connectivity index (χ3v) is 3.96. The number of benzene rings is 1. The van der Waals surface area contributed by atoms with E-state index in [1.807, 2.05) is 53.2 Å². The second-order valence-electron chi connectivity index (χ2n) is 5.64. The van der Waals surface area contributed by atoms with Crippen LogP contribution in [-0.2, 0) is 6.42 Å². The fourth-order valence-electron chi connectivity index (χ4n) is 2.65. The van der Waals surface area contributed by atoms with Gasteiger partial charge in [0.15, 0.2) is 17.5 Å². The lowest BCUT2D eigenvalue weighted by atomic mass is 10.2. The van der Waals surface area contributed by atoms with E-state index in [0.717, 1.165) is 30.0 Å². The van der Waals surface area contributed by atoms with Crippen molar-refractivity contribution in [3.8, 4) is 11.5 Å². The number of fused-ring (bicyclic) bond motifs is 1. The first kappa shape index (κ1) is 17.6. The van der Waals surface area contributed by atoms with E-state index in [1.54, 1.807) is 21.3 Å². The number of hydrogen-bond acceptors (Lipinski definition) is 4. The van der Waals surface area contributed by atoms with E-state index < -0.39 is 0 Å². The van der Waals surface area contributed by atoms with Crippen molar-refractivity contribution in [1.29, 1.82) is 0 Å². The van der Waals surface area contributed by atoms with Gasteiger partial charge in [-0.2, -0.15) is 0 Å². The molecule has 0 spiro atoms. The van der Waals surface area contributed by atoms with Crippen LogP contribution in [0.4, 0.5) is 5.69 Å². The normalized spacial score (nSPS) is 11.4. The molecule has 1 aromatic carbocycles. The van der Waals surface area contributed by atoms with Crippen LogP contribution >= 0.6 is 0 Å². The summed E-state index contributed by atoms with van der Waals surface area (Å²) < 4.78 is 12.6. The second-order valence-corrected chi connectivity index (χ2v) is 5.64. The molecule has 0 saturated heterocycles. The zero-order chi connectivity index (χ0) is 18.4. The molecule has 0 saturated carbocycles. The first-order valence-corrected chi connectivity index (χ1v) is 8.36. The van der Waals surface area contributed by atoms with E-state index in [9.17, 15) is 0 Å². The number of nitrogens with zero attached hydrogens (tertiary/aromatic N) is 3. The fraction of sp³-hybridized carbons (Fsp3) is 0.263. The smallest absolute Gasteiger partial charge is 0.195 e. The predicted molar refractivity (Wildman–Crippen MR) is 103 cm³/mol. The minimum atomic E-state index is 0.664. The number of ether oxygens (including phenoxy) is 2. The average molecular weight is 353 g/mol. The Labute approximate surface area is 152 Å². The maximum absolute atomic E-state index is 5.32. The molecule has 0 aliphatic carbocycles. The van der Waals surface area contributed by atoms with Crippen molar-refractivity contribution in [2.24, 2.45) is 4.99 Å². The third-order valence-electron chi connectivity index (χ3n) is 3.96. The van der Waals surface area contributed by atoms with Crippen molar-refractivity contribution in [2.45, 2.75) is 6.42 Å². The van der Waals surface area contributed by atoms with E-state index in [0.29, 0.717) is 17.5 Å². The average Bonchev–Trinajstić information content (AvgIpc) is 3.09. The monoisotopic (exact) mass is 353 g/mol. The molecule has 0 radical (unpaired) electrons. The molecule has 0 aliphatic heterocycles. The van der Waals surface area contributed by atoms with Crippen LogP contribution in [-0.4, -0.2) is 43.2 Å². The molecule has 136 valence electrons.